The largest absolute Gasteiger partial charge is 0.433 e. The first kappa shape index (κ1) is 26.7. The van der Waals surface area contributed by atoms with Crippen LogP contribution in [0.3, 0.4) is 0 Å². The van der Waals surface area contributed by atoms with E-state index < -0.39 is 47.3 Å². The second-order valence-electron chi connectivity index (χ2n) is 9.35. The fourth-order valence-corrected chi connectivity index (χ4v) is 5.52. The van der Waals surface area contributed by atoms with E-state index in [-0.39, 0.29) is 43.6 Å². The summed E-state index contributed by atoms with van der Waals surface area (Å²) < 4.78 is 82.7. The van der Waals surface area contributed by atoms with Crippen molar-refractivity contribution < 1.29 is 35.9 Å². The van der Waals surface area contributed by atoms with Crippen LogP contribution in [0.4, 0.5) is 32.0 Å². The first-order valence-electron chi connectivity index (χ1n) is 12.0. The lowest BCUT2D eigenvalue weighted by Crippen LogP contribution is -2.18. The highest BCUT2D eigenvalue weighted by Gasteiger charge is 2.36. The molecule has 1 aromatic carbocycles. The summed E-state index contributed by atoms with van der Waals surface area (Å²) in [5, 5.41) is 6.56. The van der Waals surface area contributed by atoms with Crippen molar-refractivity contribution in [1.82, 2.24) is 19.6 Å². The van der Waals surface area contributed by atoms with Crippen molar-refractivity contribution in [2.45, 2.75) is 31.4 Å². The molecule has 1 saturated carbocycles. The fourth-order valence-electron chi connectivity index (χ4n) is 4.50. The summed E-state index contributed by atoms with van der Waals surface area (Å²) in [6.45, 7) is 0. The number of fused-ring (bicyclic) bond motifs is 2. The number of hydrogen-bond acceptors (Lipinski definition) is 6. The van der Waals surface area contributed by atoms with E-state index in [2.05, 4.69) is 20.4 Å². The average molecular weight is 591 g/mol. The zero-order chi connectivity index (χ0) is 29.2. The quantitative estimate of drug-likeness (QED) is 0.224. The summed E-state index contributed by atoms with van der Waals surface area (Å²) in [4.78, 5) is 33.5. The summed E-state index contributed by atoms with van der Waals surface area (Å²) in [7, 11) is 0. The number of hydrogen-bond donors (Lipinski definition) is 2. The van der Waals surface area contributed by atoms with E-state index in [9.17, 15) is 35.9 Å². The number of pyridine rings is 1. The average Bonchev–Trinajstić information content (AvgIpc) is 3.56. The number of carbonyl (C=O) groups excluding carboxylic acids is 2. The number of nitrogens with zero attached hydrogens (tertiary/aromatic N) is 4. The molecule has 1 fully saturated rings. The van der Waals surface area contributed by atoms with Crippen LogP contribution in [0, 0.1) is 5.82 Å². The lowest BCUT2D eigenvalue weighted by atomic mass is 10.0. The molecule has 0 saturated heterocycles. The van der Waals surface area contributed by atoms with Crippen molar-refractivity contribution in [3.8, 4) is 11.3 Å². The van der Waals surface area contributed by atoms with E-state index in [0.717, 1.165) is 35.6 Å². The predicted octanol–water partition coefficient (Wildman–Crippen LogP) is 6.33. The Labute approximate surface area is 229 Å². The molecule has 0 atom stereocenters. The molecule has 1 aliphatic carbocycles. The molecule has 15 heteroatoms. The van der Waals surface area contributed by atoms with E-state index in [4.69, 9.17) is 5.73 Å². The van der Waals surface area contributed by atoms with Crippen LogP contribution in [-0.2, 0) is 6.18 Å². The lowest BCUT2D eigenvalue weighted by Gasteiger charge is -2.11. The molecule has 8 nitrogen and oxygen atoms in total. The summed E-state index contributed by atoms with van der Waals surface area (Å²) in [6, 6.07) is 7.62. The Morgan fingerprint density at radius 2 is 1.78 bits per heavy atom. The molecule has 5 aromatic rings. The van der Waals surface area contributed by atoms with E-state index in [1.807, 2.05) is 0 Å². The predicted molar refractivity (Wildman–Crippen MR) is 136 cm³/mol. The van der Waals surface area contributed by atoms with Gasteiger partial charge in [0, 0.05) is 17.0 Å². The van der Waals surface area contributed by atoms with Crippen LogP contribution in [-0.4, -0.2) is 31.4 Å². The van der Waals surface area contributed by atoms with Crippen molar-refractivity contribution in [1.29, 1.82) is 0 Å². The number of benzene rings is 1. The van der Waals surface area contributed by atoms with Gasteiger partial charge in [-0.2, -0.15) is 18.3 Å². The Bertz CT molecular complexity index is 1860. The Balaban J connectivity index is 1.46. The zero-order valence-corrected chi connectivity index (χ0v) is 21.3. The number of anilines is 1. The van der Waals surface area contributed by atoms with Gasteiger partial charge in [-0.3, -0.25) is 9.59 Å². The van der Waals surface area contributed by atoms with Crippen LogP contribution in [0.2, 0.25) is 0 Å². The lowest BCUT2D eigenvalue weighted by molar-refractivity contribution is -0.142. The highest BCUT2D eigenvalue weighted by atomic mass is 32.1. The standard InChI is InChI=1S/C26H16F6N6O2S/c27-12-5-3-11(4-6-12)14-8-17(26(30,31)32)38-18(34-14)9-16(37-38)24(40)36-20-19-13(10-1-2-10)7-15(22(28)29)35-25(19)41-21(20)23(33)39/h3-10,22H,1-2H2,(H2,33,39)(H,36,40). The second kappa shape index (κ2) is 9.54. The first-order chi connectivity index (χ1) is 19.4. The van der Waals surface area contributed by atoms with Gasteiger partial charge >= 0.3 is 6.18 Å². The van der Waals surface area contributed by atoms with Crippen LogP contribution in [0.1, 0.15) is 62.3 Å². The van der Waals surface area contributed by atoms with Gasteiger partial charge in [-0.05, 0) is 60.7 Å². The maximum atomic E-state index is 14.0. The molecule has 3 N–H and O–H groups in total. The third kappa shape index (κ3) is 4.85. The molecule has 0 unspecified atom stereocenters. The van der Waals surface area contributed by atoms with Gasteiger partial charge in [-0.1, -0.05) is 0 Å². The molecule has 1 aliphatic rings. The van der Waals surface area contributed by atoms with Crippen LogP contribution in [0.5, 0.6) is 0 Å². The SMILES string of the molecule is NC(=O)c1sc2nc(C(F)F)cc(C3CC3)c2c1NC(=O)c1cc2nc(-c3ccc(F)cc3)cc(C(F)(F)F)n2n1. The minimum atomic E-state index is -4.90. The number of halogens is 6. The van der Waals surface area contributed by atoms with Crippen molar-refractivity contribution in [2.75, 3.05) is 5.32 Å². The molecule has 6 rings (SSSR count). The van der Waals surface area contributed by atoms with Crippen molar-refractivity contribution in [3.05, 3.63) is 75.8 Å². The Hall–Kier alpha value is -4.53. The molecule has 210 valence electrons. The molecular weight excluding hydrogens is 574 g/mol. The van der Waals surface area contributed by atoms with Crippen LogP contribution in [0.15, 0.2) is 42.5 Å². The molecule has 0 spiro atoms. The van der Waals surface area contributed by atoms with Crippen molar-refractivity contribution in [2.24, 2.45) is 5.73 Å². The monoisotopic (exact) mass is 590 g/mol. The van der Waals surface area contributed by atoms with Crippen molar-refractivity contribution in [3.63, 3.8) is 0 Å². The maximum Gasteiger partial charge on any atom is 0.433 e. The molecular formula is C26H16F6N6O2S. The molecule has 4 heterocycles. The summed E-state index contributed by atoms with van der Waals surface area (Å²) in [5.41, 5.74) is 3.44. The fraction of sp³-hybridized carbons (Fsp3) is 0.192. The minimum absolute atomic E-state index is 0.0637. The van der Waals surface area contributed by atoms with Gasteiger partial charge in [-0.15, -0.1) is 11.3 Å². The molecule has 0 bridgehead atoms. The Kier molecular flexibility index (Phi) is 6.21. The Morgan fingerprint density at radius 1 is 1.07 bits per heavy atom. The molecule has 41 heavy (non-hydrogen) atoms. The normalized spacial score (nSPS) is 13.8. The number of carbonyl (C=O) groups is 2. The smallest absolute Gasteiger partial charge is 0.365 e. The van der Waals surface area contributed by atoms with Gasteiger partial charge in [0.25, 0.3) is 18.2 Å². The highest BCUT2D eigenvalue weighted by Crippen LogP contribution is 2.48. The maximum absolute atomic E-state index is 14.0. The summed E-state index contributed by atoms with van der Waals surface area (Å²) in [6.07, 6.45) is -6.37. The molecule has 0 radical (unpaired) electrons. The van der Waals surface area contributed by atoms with Gasteiger partial charge < -0.3 is 11.1 Å². The van der Waals surface area contributed by atoms with Gasteiger partial charge in [0.05, 0.1) is 11.4 Å². The second-order valence-corrected chi connectivity index (χ2v) is 10.3. The number of thiophene rings is 1. The van der Waals surface area contributed by atoms with Gasteiger partial charge in [-0.25, -0.2) is 27.7 Å². The third-order valence-electron chi connectivity index (χ3n) is 6.51. The third-order valence-corrected chi connectivity index (χ3v) is 7.60. The van der Waals surface area contributed by atoms with Crippen LogP contribution in [0.25, 0.3) is 27.1 Å². The number of amides is 2. The number of primary amides is 1. The minimum Gasteiger partial charge on any atom is -0.365 e. The summed E-state index contributed by atoms with van der Waals surface area (Å²) in [5.74, 6) is -2.63. The molecule has 0 aliphatic heterocycles. The molecule has 2 amide bonds. The number of alkyl halides is 5. The van der Waals surface area contributed by atoms with Crippen LogP contribution < -0.4 is 11.1 Å². The summed E-state index contributed by atoms with van der Waals surface area (Å²) >= 11 is 0.724. The number of nitrogens with one attached hydrogen (secondary N) is 1. The van der Waals surface area contributed by atoms with E-state index in [1.165, 1.54) is 18.2 Å². The van der Waals surface area contributed by atoms with Crippen molar-refractivity contribution >= 4 is 44.7 Å². The zero-order valence-electron chi connectivity index (χ0n) is 20.5. The topological polar surface area (TPSA) is 115 Å². The first-order valence-corrected chi connectivity index (χ1v) is 12.8. The van der Waals surface area contributed by atoms with Gasteiger partial charge in [0.1, 0.15) is 21.2 Å². The van der Waals surface area contributed by atoms with E-state index in [0.29, 0.717) is 22.9 Å². The van der Waals surface area contributed by atoms with E-state index >= 15 is 0 Å². The van der Waals surface area contributed by atoms with Crippen LogP contribution >= 0.6 is 11.3 Å². The number of nitrogens with two attached hydrogens (primary N) is 1. The highest BCUT2D eigenvalue weighted by molar-refractivity contribution is 7.21. The Morgan fingerprint density at radius 3 is 2.39 bits per heavy atom. The molecule has 4 aromatic heterocycles. The number of aromatic nitrogens is 4. The van der Waals surface area contributed by atoms with Gasteiger partial charge in [0.15, 0.2) is 17.0 Å². The number of rotatable bonds is 6. The van der Waals surface area contributed by atoms with Gasteiger partial charge in [0.2, 0.25) is 0 Å². The van der Waals surface area contributed by atoms with E-state index in [1.54, 1.807) is 0 Å².